The normalized spacial score (nSPS) is 14.4. The van der Waals surface area contributed by atoms with E-state index in [2.05, 4.69) is 68.2 Å². The molecule has 1 aliphatic rings. The standard InChI is InChI=1S/C26H30O2S/c1-4-28-25(27)8-6-5-7-20-9-11-21(12-10-20)13-14-22-15-16-24-23(19-22)26(2,3)17-18-29-24/h9-12,15-16,19H,4-8,17-18H2,1-3H3. The van der Waals surface area contributed by atoms with E-state index in [1.165, 1.54) is 28.2 Å². The summed E-state index contributed by atoms with van der Waals surface area (Å²) in [6.07, 6.45) is 4.56. The van der Waals surface area contributed by atoms with Gasteiger partial charge in [0.05, 0.1) is 6.61 Å². The molecule has 1 heterocycles. The van der Waals surface area contributed by atoms with Gasteiger partial charge < -0.3 is 4.74 Å². The lowest BCUT2D eigenvalue weighted by Crippen LogP contribution is -2.22. The first-order chi connectivity index (χ1) is 14.0. The van der Waals surface area contributed by atoms with Crippen LogP contribution >= 0.6 is 11.8 Å². The van der Waals surface area contributed by atoms with Gasteiger partial charge in [-0.3, -0.25) is 4.79 Å². The number of hydrogen-bond donors (Lipinski definition) is 0. The number of aryl methyl sites for hydroxylation is 1. The predicted octanol–water partition coefficient (Wildman–Crippen LogP) is 6.14. The van der Waals surface area contributed by atoms with Crippen LogP contribution in [0.4, 0.5) is 0 Å². The molecule has 2 aromatic rings. The Labute approximate surface area is 179 Å². The van der Waals surface area contributed by atoms with Crippen LogP contribution in [-0.2, 0) is 21.4 Å². The zero-order chi connectivity index (χ0) is 20.7. The molecule has 0 unspecified atom stereocenters. The van der Waals surface area contributed by atoms with E-state index in [4.69, 9.17) is 4.74 Å². The van der Waals surface area contributed by atoms with Gasteiger partial charge in [-0.05, 0) is 85.2 Å². The summed E-state index contributed by atoms with van der Waals surface area (Å²) in [4.78, 5) is 12.8. The number of rotatable bonds is 6. The molecule has 152 valence electrons. The van der Waals surface area contributed by atoms with Crippen LogP contribution in [0, 0.1) is 11.8 Å². The Balaban J connectivity index is 1.57. The smallest absolute Gasteiger partial charge is 0.305 e. The molecule has 1 aliphatic heterocycles. The lowest BCUT2D eigenvalue weighted by molar-refractivity contribution is -0.143. The molecule has 3 rings (SSSR count). The summed E-state index contributed by atoms with van der Waals surface area (Å²) in [7, 11) is 0. The number of ether oxygens (including phenoxy) is 1. The van der Waals surface area contributed by atoms with Crippen LogP contribution in [0.2, 0.25) is 0 Å². The maximum absolute atomic E-state index is 11.4. The first-order valence-corrected chi connectivity index (χ1v) is 11.5. The highest BCUT2D eigenvalue weighted by molar-refractivity contribution is 7.99. The zero-order valence-corrected chi connectivity index (χ0v) is 18.5. The molecule has 3 heteroatoms. The fraction of sp³-hybridized carbons (Fsp3) is 0.423. The van der Waals surface area contributed by atoms with Crippen molar-refractivity contribution in [2.45, 2.75) is 63.2 Å². The number of unbranched alkanes of at least 4 members (excludes halogenated alkanes) is 1. The van der Waals surface area contributed by atoms with Crippen molar-refractivity contribution in [3.05, 3.63) is 64.7 Å². The molecule has 0 radical (unpaired) electrons. The van der Waals surface area contributed by atoms with Crippen LogP contribution < -0.4 is 0 Å². The molecule has 0 amide bonds. The lowest BCUT2D eigenvalue weighted by atomic mass is 9.81. The molecule has 0 saturated carbocycles. The highest BCUT2D eigenvalue weighted by Gasteiger charge is 2.27. The minimum absolute atomic E-state index is 0.0951. The van der Waals surface area contributed by atoms with Gasteiger partial charge in [0.2, 0.25) is 0 Å². The predicted molar refractivity (Wildman–Crippen MR) is 121 cm³/mol. The average molecular weight is 407 g/mol. The van der Waals surface area contributed by atoms with Crippen molar-refractivity contribution in [2.75, 3.05) is 12.4 Å². The zero-order valence-electron chi connectivity index (χ0n) is 17.7. The third kappa shape index (κ3) is 6.15. The van der Waals surface area contributed by atoms with E-state index in [1.54, 1.807) is 0 Å². The van der Waals surface area contributed by atoms with Gasteiger partial charge in [-0.2, -0.15) is 0 Å². The monoisotopic (exact) mass is 406 g/mol. The molecule has 0 saturated heterocycles. The molecule has 0 fully saturated rings. The first-order valence-electron chi connectivity index (χ1n) is 10.5. The Bertz CT molecular complexity index is 901. The Morgan fingerprint density at radius 1 is 1.07 bits per heavy atom. The van der Waals surface area contributed by atoms with Gasteiger partial charge in [0.15, 0.2) is 0 Å². The molecule has 0 atom stereocenters. The maximum atomic E-state index is 11.4. The van der Waals surface area contributed by atoms with E-state index in [1.807, 2.05) is 18.7 Å². The fourth-order valence-electron chi connectivity index (χ4n) is 3.54. The van der Waals surface area contributed by atoms with Crippen molar-refractivity contribution in [1.29, 1.82) is 0 Å². The summed E-state index contributed by atoms with van der Waals surface area (Å²) in [5.74, 6) is 7.73. The number of benzene rings is 2. The molecule has 0 N–H and O–H groups in total. The quantitative estimate of drug-likeness (QED) is 0.328. The first kappa shape index (κ1) is 21.5. The van der Waals surface area contributed by atoms with Crippen molar-refractivity contribution in [2.24, 2.45) is 0 Å². The summed E-state index contributed by atoms with van der Waals surface area (Å²) in [5, 5.41) is 0. The summed E-state index contributed by atoms with van der Waals surface area (Å²) < 4.78 is 4.96. The second-order valence-corrected chi connectivity index (χ2v) is 9.29. The van der Waals surface area contributed by atoms with Gasteiger partial charge in [-0.15, -0.1) is 11.8 Å². The third-order valence-electron chi connectivity index (χ3n) is 5.40. The topological polar surface area (TPSA) is 26.3 Å². The number of fused-ring (bicyclic) bond motifs is 1. The summed E-state index contributed by atoms with van der Waals surface area (Å²) in [6, 6.07) is 15.1. The van der Waals surface area contributed by atoms with Gasteiger partial charge in [0.1, 0.15) is 0 Å². The molecule has 2 nitrogen and oxygen atoms in total. The van der Waals surface area contributed by atoms with Crippen molar-refractivity contribution in [3.8, 4) is 11.8 Å². The second kappa shape index (κ2) is 10.0. The van der Waals surface area contributed by atoms with E-state index in [-0.39, 0.29) is 11.4 Å². The number of carbonyl (C=O) groups excluding carboxylic acids is 1. The average Bonchev–Trinajstić information content (AvgIpc) is 2.71. The minimum atomic E-state index is -0.0951. The molecular formula is C26H30O2S. The highest BCUT2D eigenvalue weighted by atomic mass is 32.2. The van der Waals surface area contributed by atoms with E-state index in [0.29, 0.717) is 13.0 Å². The summed E-state index contributed by atoms with van der Waals surface area (Å²) in [6.45, 7) is 6.96. The van der Waals surface area contributed by atoms with Crippen molar-refractivity contribution in [3.63, 3.8) is 0 Å². The van der Waals surface area contributed by atoms with Crippen LogP contribution in [0.25, 0.3) is 0 Å². The van der Waals surface area contributed by atoms with E-state index in [0.717, 1.165) is 30.4 Å². The molecule has 0 spiro atoms. The summed E-state index contributed by atoms with van der Waals surface area (Å²) >= 11 is 1.95. The van der Waals surface area contributed by atoms with Gasteiger partial charge in [0, 0.05) is 22.4 Å². The molecule has 0 aliphatic carbocycles. The van der Waals surface area contributed by atoms with Crippen molar-refractivity contribution >= 4 is 17.7 Å². The van der Waals surface area contributed by atoms with E-state index < -0.39 is 0 Å². The molecule has 0 aromatic heterocycles. The van der Waals surface area contributed by atoms with Gasteiger partial charge >= 0.3 is 5.97 Å². The van der Waals surface area contributed by atoms with E-state index >= 15 is 0 Å². The summed E-state index contributed by atoms with van der Waals surface area (Å²) in [5.41, 5.74) is 5.06. The van der Waals surface area contributed by atoms with Gasteiger partial charge in [-0.25, -0.2) is 0 Å². The molecule has 2 aromatic carbocycles. The Kier molecular flexibility index (Phi) is 7.45. The molecule has 29 heavy (non-hydrogen) atoms. The van der Waals surface area contributed by atoms with Crippen molar-refractivity contribution < 1.29 is 9.53 Å². The molecule has 0 bridgehead atoms. The third-order valence-corrected chi connectivity index (χ3v) is 6.48. The SMILES string of the molecule is CCOC(=O)CCCCc1ccc(C#Cc2ccc3c(c2)C(C)(C)CCS3)cc1. The maximum Gasteiger partial charge on any atom is 0.305 e. The Morgan fingerprint density at radius 2 is 1.79 bits per heavy atom. The van der Waals surface area contributed by atoms with Gasteiger partial charge in [-0.1, -0.05) is 37.8 Å². The number of esters is 1. The van der Waals surface area contributed by atoms with Crippen LogP contribution in [0.15, 0.2) is 47.4 Å². The van der Waals surface area contributed by atoms with Crippen LogP contribution in [0.1, 0.15) is 68.7 Å². The fourth-order valence-corrected chi connectivity index (χ4v) is 5.03. The Hall–Kier alpha value is -2.18. The largest absolute Gasteiger partial charge is 0.466 e. The molecular weight excluding hydrogens is 376 g/mol. The van der Waals surface area contributed by atoms with Gasteiger partial charge in [0.25, 0.3) is 0 Å². The van der Waals surface area contributed by atoms with Crippen LogP contribution in [0.3, 0.4) is 0 Å². The number of hydrogen-bond acceptors (Lipinski definition) is 3. The van der Waals surface area contributed by atoms with Crippen LogP contribution in [0.5, 0.6) is 0 Å². The van der Waals surface area contributed by atoms with Crippen LogP contribution in [-0.4, -0.2) is 18.3 Å². The van der Waals surface area contributed by atoms with Crippen molar-refractivity contribution in [1.82, 2.24) is 0 Å². The number of carbonyl (C=O) groups is 1. The highest BCUT2D eigenvalue weighted by Crippen LogP contribution is 2.41. The number of thioether (sulfide) groups is 1. The lowest BCUT2D eigenvalue weighted by Gasteiger charge is -2.32. The van der Waals surface area contributed by atoms with E-state index in [9.17, 15) is 4.79 Å². The second-order valence-electron chi connectivity index (χ2n) is 8.15. The Morgan fingerprint density at radius 3 is 2.55 bits per heavy atom. The minimum Gasteiger partial charge on any atom is -0.466 e.